The summed E-state index contributed by atoms with van der Waals surface area (Å²) in [7, 11) is 5.16. The Labute approximate surface area is 310 Å². The van der Waals surface area contributed by atoms with Crippen LogP contribution >= 0.6 is 0 Å². The molecule has 0 bridgehead atoms. The lowest BCUT2D eigenvalue weighted by molar-refractivity contribution is -0.130. The number of hydrogen-bond acceptors (Lipinski definition) is 12. The molecule has 0 unspecified atom stereocenters. The minimum Gasteiger partial charge on any atom is -0.445 e. The van der Waals surface area contributed by atoms with Gasteiger partial charge in [-0.05, 0) is 62.3 Å². The van der Waals surface area contributed by atoms with Crippen molar-refractivity contribution >= 4 is 35.8 Å². The van der Waals surface area contributed by atoms with E-state index in [0.717, 1.165) is 0 Å². The van der Waals surface area contributed by atoms with Gasteiger partial charge in [-0.2, -0.15) is 0 Å². The van der Waals surface area contributed by atoms with Crippen molar-refractivity contribution in [2.24, 2.45) is 5.92 Å². The number of nitrogens with zero attached hydrogens (tertiary/aromatic N) is 3. The van der Waals surface area contributed by atoms with E-state index in [9.17, 15) is 29.1 Å². The van der Waals surface area contributed by atoms with Gasteiger partial charge < -0.3 is 49.2 Å². The Balaban J connectivity index is 1.87. The smallest absolute Gasteiger partial charge is 0.445 e. The van der Waals surface area contributed by atoms with Crippen LogP contribution in [-0.4, -0.2) is 129 Å². The highest BCUT2D eigenvalue weighted by Crippen LogP contribution is 2.15. The van der Waals surface area contributed by atoms with Gasteiger partial charge in [0, 0.05) is 32.4 Å². The summed E-state index contributed by atoms with van der Waals surface area (Å²) in [5.41, 5.74) is 1.83. The number of amides is 4. The van der Waals surface area contributed by atoms with Gasteiger partial charge in [-0.15, -0.1) is 0 Å². The maximum absolute atomic E-state index is 13.0. The van der Waals surface area contributed by atoms with Crippen LogP contribution in [0.1, 0.15) is 31.9 Å². The van der Waals surface area contributed by atoms with Gasteiger partial charge in [0.2, 0.25) is 11.8 Å². The molecule has 53 heavy (non-hydrogen) atoms. The molecule has 3 N–H and O–H groups in total. The highest BCUT2D eigenvalue weighted by Gasteiger charge is 2.27. The van der Waals surface area contributed by atoms with Crippen LogP contribution in [-0.2, 0) is 41.8 Å². The van der Waals surface area contributed by atoms with Crippen LogP contribution in [0.25, 0.3) is 0 Å². The highest BCUT2D eigenvalue weighted by atomic mass is 16.7. The molecular weight excluding hydrogens is 690 g/mol. The molecule has 0 radical (unpaired) electrons. The molecule has 2 rings (SSSR count). The standard InChI is InChI=1S/C37H53N5O11/c1-8-20-50-37(48)51-23-22-49-21-19-42(36(47)53-31-15-11-28(24-43)12-16-31)18-17-41(7)35(46)52-25-29-9-13-30(14-10-29)39-33(44)27(4)38-34(45)32(26(2)3)40(5)6/h8-16,26-27,32,43H,1,17-25H2,2-7H3,(H,38,45)(H,39,44)/t27-,32-/m0/s1. The minimum absolute atomic E-state index is 0.0237. The molecule has 0 heterocycles. The average Bonchev–Trinajstić information content (AvgIpc) is 3.12. The maximum atomic E-state index is 13.0. The van der Waals surface area contributed by atoms with Crippen molar-refractivity contribution in [3.05, 3.63) is 72.3 Å². The summed E-state index contributed by atoms with van der Waals surface area (Å²) in [6.07, 6.45) is -0.758. The molecule has 0 spiro atoms. The van der Waals surface area contributed by atoms with E-state index in [0.29, 0.717) is 16.8 Å². The molecule has 4 amide bonds. The van der Waals surface area contributed by atoms with E-state index in [-0.39, 0.29) is 88.8 Å². The summed E-state index contributed by atoms with van der Waals surface area (Å²) < 4.78 is 26.0. The van der Waals surface area contributed by atoms with Gasteiger partial charge in [0.1, 0.15) is 31.6 Å². The number of aliphatic hydroxyl groups excluding tert-OH is 1. The monoisotopic (exact) mass is 743 g/mol. The van der Waals surface area contributed by atoms with E-state index < -0.39 is 24.4 Å². The van der Waals surface area contributed by atoms with E-state index in [1.807, 2.05) is 32.8 Å². The molecule has 0 saturated carbocycles. The van der Waals surface area contributed by atoms with Gasteiger partial charge in [0.05, 0.1) is 25.9 Å². The maximum Gasteiger partial charge on any atom is 0.508 e. The Hall–Kier alpha value is -5.19. The number of anilines is 1. The lowest BCUT2D eigenvalue weighted by Gasteiger charge is -2.28. The highest BCUT2D eigenvalue weighted by molar-refractivity contribution is 5.97. The second-order valence-electron chi connectivity index (χ2n) is 12.5. The summed E-state index contributed by atoms with van der Waals surface area (Å²) in [6.45, 7) is 9.12. The van der Waals surface area contributed by atoms with Crippen molar-refractivity contribution in [3.8, 4) is 5.75 Å². The molecular formula is C37H53N5O11. The minimum atomic E-state index is -0.852. The number of benzene rings is 2. The Morgan fingerprint density at radius 3 is 2.06 bits per heavy atom. The van der Waals surface area contributed by atoms with Gasteiger partial charge in [0.15, 0.2) is 0 Å². The molecule has 0 aromatic heterocycles. The number of carbonyl (C=O) groups excluding carboxylic acids is 5. The largest absolute Gasteiger partial charge is 0.508 e. The SMILES string of the molecule is C=CCOC(=O)OCCOCCN(CCN(C)C(=O)OCc1ccc(NC(=O)[C@H](C)NC(=O)[C@H](C(C)C)N(C)C)cc1)C(=O)Oc1ccc(CO)cc1. The van der Waals surface area contributed by atoms with E-state index in [4.69, 9.17) is 23.7 Å². The second-order valence-corrected chi connectivity index (χ2v) is 12.5. The molecule has 16 nitrogen and oxygen atoms in total. The van der Waals surface area contributed by atoms with E-state index in [2.05, 4.69) is 17.2 Å². The quantitative estimate of drug-likeness (QED) is 0.0960. The Morgan fingerprint density at radius 1 is 0.792 bits per heavy atom. The Bertz CT molecular complexity index is 1460. The lowest BCUT2D eigenvalue weighted by Crippen LogP contribution is -2.51. The normalized spacial score (nSPS) is 11.9. The molecule has 0 aliphatic heterocycles. The topological polar surface area (TPSA) is 186 Å². The third kappa shape index (κ3) is 16.4. The molecule has 2 aromatic rings. The first-order chi connectivity index (χ1) is 25.2. The van der Waals surface area contributed by atoms with Crippen LogP contribution in [0.4, 0.5) is 20.1 Å². The number of hydrogen-bond donors (Lipinski definition) is 3. The molecule has 2 aromatic carbocycles. The van der Waals surface area contributed by atoms with Crippen LogP contribution < -0.4 is 15.4 Å². The summed E-state index contributed by atoms with van der Waals surface area (Å²) in [6, 6.07) is 12.0. The average molecular weight is 744 g/mol. The first-order valence-corrected chi connectivity index (χ1v) is 17.1. The zero-order valence-corrected chi connectivity index (χ0v) is 31.4. The summed E-state index contributed by atoms with van der Waals surface area (Å²) >= 11 is 0. The van der Waals surface area contributed by atoms with Gasteiger partial charge in [-0.3, -0.25) is 14.5 Å². The predicted molar refractivity (Wildman–Crippen MR) is 196 cm³/mol. The third-order valence-electron chi connectivity index (χ3n) is 7.65. The van der Waals surface area contributed by atoms with E-state index >= 15 is 0 Å². The van der Waals surface area contributed by atoms with E-state index in [1.54, 1.807) is 55.5 Å². The zero-order valence-electron chi connectivity index (χ0n) is 31.4. The van der Waals surface area contributed by atoms with Gasteiger partial charge >= 0.3 is 18.3 Å². The van der Waals surface area contributed by atoms with Crippen LogP contribution in [0.15, 0.2) is 61.2 Å². The number of ether oxygens (including phenoxy) is 5. The second kappa shape index (κ2) is 23.4. The number of nitrogens with one attached hydrogen (secondary N) is 2. The summed E-state index contributed by atoms with van der Waals surface area (Å²) in [5.74, 6) is -0.275. The van der Waals surface area contributed by atoms with Crippen LogP contribution in [0.2, 0.25) is 0 Å². The van der Waals surface area contributed by atoms with Crippen LogP contribution in [0, 0.1) is 5.92 Å². The molecule has 0 saturated heterocycles. The number of likely N-dealkylation sites (N-methyl/N-ethyl adjacent to an activating group) is 2. The van der Waals surface area contributed by atoms with Crippen LogP contribution in [0.3, 0.4) is 0 Å². The van der Waals surface area contributed by atoms with Crippen molar-refractivity contribution in [2.75, 3.05) is 72.5 Å². The molecule has 292 valence electrons. The summed E-state index contributed by atoms with van der Waals surface area (Å²) in [4.78, 5) is 67.1. The number of carbonyl (C=O) groups is 5. The molecule has 0 aliphatic carbocycles. The Kier molecular flexibility index (Phi) is 19.4. The molecule has 2 atom stereocenters. The van der Waals surface area contributed by atoms with Crippen LogP contribution in [0.5, 0.6) is 5.75 Å². The Morgan fingerprint density at radius 2 is 1.45 bits per heavy atom. The van der Waals surface area contributed by atoms with Gasteiger partial charge in [-0.25, -0.2) is 14.4 Å². The fourth-order valence-electron chi connectivity index (χ4n) is 4.80. The number of rotatable bonds is 21. The fourth-order valence-corrected chi connectivity index (χ4v) is 4.80. The fraction of sp³-hybridized carbons (Fsp3) is 0.486. The van der Waals surface area contributed by atoms with Gasteiger partial charge in [0.25, 0.3) is 0 Å². The first-order valence-electron chi connectivity index (χ1n) is 17.1. The third-order valence-corrected chi connectivity index (χ3v) is 7.65. The van der Waals surface area contributed by atoms with Crippen molar-refractivity contribution < 1.29 is 52.8 Å². The molecule has 0 aliphatic rings. The van der Waals surface area contributed by atoms with Gasteiger partial charge in [-0.1, -0.05) is 50.8 Å². The predicted octanol–water partition coefficient (Wildman–Crippen LogP) is 3.63. The lowest BCUT2D eigenvalue weighted by atomic mass is 10.0. The van der Waals surface area contributed by atoms with Crippen molar-refractivity contribution in [3.63, 3.8) is 0 Å². The van der Waals surface area contributed by atoms with Crippen molar-refractivity contribution in [2.45, 2.75) is 46.1 Å². The van der Waals surface area contributed by atoms with E-state index in [1.165, 1.54) is 22.9 Å². The van der Waals surface area contributed by atoms with Crippen molar-refractivity contribution in [1.29, 1.82) is 0 Å². The zero-order chi connectivity index (χ0) is 39.3. The molecule has 0 fully saturated rings. The summed E-state index contributed by atoms with van der Waals surface area (Å²) in [5, 5.41) is 14.8. The first kappa shape index (κ1) is 44.0. The molecule has 16 heteroatoms. The van der Waals surface area contributed by atoms with Crippen molar-refractivity contribution in [1.82, 2.24) is 20.0 Å². The number of aliphatic hydroxyl groups is 1.